The minimum absolute atomic E-state index is 0.378. The van der Waals surface area contributed by atoms with E-state index in [1.165, 1.54) is 25.1 Å². The molecule has 3 aliphatic heterocycles. The Hall–Kier alpha value is -1.27. The third-order valence-corrected chi connectivity index (χ3v) is 6.45. The van der Waals surface area contributed by atoms with E-state index in [0.29, 0.717) is 12.1 Å². The standard InChI is InChI=1S/C17H27N3O2S.C2HF3O2/c1-13-18-15(12-23-13)9-20-4-7-22-17-11-19(10-16(17)20)8-14-2-5-21-6-3-14;3-2(4,5)1(6)7/h12,14,16-17H,2-11H2,1H3;(H,6,7)/t16-,17+;/m1./s1. The molecule has 3 saturated heterocycles. The van der Waals surface area contributed by atoms with E-state index in [4.69, 9.17) is 19.4 Å². The summed E-state index contributed by atoms with van der Waals surface area (Å²) in [6, 6.07) is 0.533. The minimum atomic E-state index is -5.08. The van der Waals surface area contributed by atoms with E-state index in [9.17, 15) is 13.2 Å². The van der Waals surface area contributed by atoms with Gasteiger partial charge in [-0.05, 0) is 25.7 Å². The Kier molecular flexibility index (Phi) is 8.08. The van der Waals surface area contributed by atoms with Gasteiger partial charge in [0.2, 0.25) is 0 Å². The van der Waals surface area contributed by atoms with Gasteiger partial charge in [-0.1, -0.05) is 0 Å². The number of carboxylic acids is 1. The molecule has 2 atom stereocenters. The zero-order valence-corrected chi connectivity index (χ0v) is 17.8. The predicted molar refractivity (Wildman–Crippen MR) is 104 cm³/mol. The first-order valence-corrected chi connectivity index (χ1v) is 11.0. The first kappa shape index (κ1) is 23.4. The van der Waals surface area contributed by atoms with Gasteiger partial charge in [-0.25, -0.2) is 9.78 Å². The summed E-state index contributed by atoms with van der Waals surface area (Å²) in [7, 11) is 0. The number of rotatable bonds is 4. The maximum absolute atomic E-state index is 10.6. The van der Waals surface area contributed by atoms with Crippen molar-refractivity contribution >= 4 is 17.3 Å². The van der Waals surface area contributed by atoms with Crippen LogP contribution in [0.25, 0.3) is 0 Å². The van der Waals surface area contributed by atoms with E-state index in [1.807, 2.05) is 0 Å². The van der Waals surface area contributed by atoms with Gasteiger partial charge in [0.05, 0.1) is 29.5 Å². The van der Waals surface area contributed by atoms with E-state index in [-0.39, 0.29) is 0 Å². The molecule has 0 bridgehead atoms. The normalized spacial score (nSPS) is 26.1. The highest BCUT2D eigenvalue weighted by molar-refractivity contribution is 7.09. The summed E-state index contributed by atoms with van der Waals surface area (Å²) in [5, 5.41) is 10.5. The van der Waals surface area contributed by atoms with E-state index in [2.05, 4.69) is 27.1 Å². The number of ether oxygens (including phenoxy) is 2. The van der Waals surface area contributed by atoms with Crippen molar-refractivity contribution in [3.8, 4) is 0 Å². The molecule has 0 saturated carbocycles. The number of thiazole rings is 1. The maximum atomic E-state index is 10.6. The molecule has 1 N–H and O–H groups in total. The van der Waals surface area contributed by atoms with Gasteiger partial charge >= 0.3 is 12.1 Å². The predicted octanol–water partition coefficient (Wildman–Crippen LogP) is 2.40. The molecule has 1 aromatic rings. The van der Waals surface area contributed by atoms with Crippen molar-refractivity contribution in [1.29, 1.82) is 0 Å². The highest BCUT2D eigenvalue weighted by atomic mass is 32.1. The number of carbonyl (C=O) groups is 1. The first-order chi connectivity index (χ1) is 14.2. The Morgan fingerprint density at radius 3 is 2.60 bits per heavy atom. The summed E-state index contributed by atoms with van der Waals surface area (Å²) in [5.41, 5.74) is 1.22. The highest BCUT2D eigenvalue weighted by Gasteiger charge is 2.40. The van der Waals surface area contributed by atoms with Crippen molar-refractivity contribution in [3.05, 3.63) is 16.1 Å². The number of halogens is 3. The zero-order chi connectivity index (χ0) is 21.7. The number of morpholine rings is 1. The van der Waals surface area contributed by atoms with Gasteiger partial charge < -0.3 is 14.6 Å². The van der Waals surface area contributed by atoms with Crippen LogP contribution in [-0.4, -0.2) is 90.2 Å². The zero-order valence-electron chi connectivity index (χ0n) is 16.9. The van der Waals surface area contributed by atoms with Gasteiger partial charge in [0, 0.05) is 51.3 Å². The van der Waals surface area contributed by atoms with E-state index in [0.717, 1.165) is 56.9 Å². The lowest BCUT2D eigenvalue weighted by Crippen LogP contribution is -2.50. The molecule has 4 rings (SSSR count). The largest absolute Gasteiger partial charge is 0.490 e. The molecule has 0 spiro atoms. The van der Waals surface area contributed by atoms with E-state index >= 15 is 0 Å². The number of carboxylic acid groups (broad SMARTS) is 1. The molecule has 11 heteroatoms. The Labute approximate surface area is 177 Å². The number of likely N-dealkylation sites (tertiary alicyclic amines) is 1. The fourth-order valence-electron chi connectivity index (χ4n) is 4.16. The summed E-state index contributed by atoms with van der Waals surface area (Å²) >= 11 is 1.75. The van der Waals surface area contributed by atoms with Gasteiger partial charge in [0.15, 0.2) is 0 Å². The van der Waals surface area contributed by atoms with Crippen LogP contribution >= 0.6 is 11.3 Å². The van der Waals surface area contributed by atoms with Gasteiger partial charge in [0.25, 0.3) is 0 Å². The number of fused-ring (bicyclic) bond motifs is 1. The van der Waals surface area contributed by atoms with E-state index < -0.39 is 12.1 Å². The van der Waals surface area contributed by atoms with Crippen LogP contribution < -0.4 is 0 Å². The summed E-state index contributed by atoms with van der Waals surface area (Å²) < 4.78 is 43.3. The van der Waals surface area contributed by atoms with Crippen LogP contribution in [0.4, 0.5) is 13.2 Å². The first-order valence-electron chi connectivity index (χ1n) is 10.1. The molecule has 1 aromatic heterocycles. The number of aryl methyl sites for hydroxylation is 1. The summed E-state index contributed by atoms with van der Waals surface area (Å²) in [6.07, 6.45) is -2.27. The third-order valence-electron chi connectivity index (χ3n) is 5.62. The molecular weight excluding hydrogens is 423 g/mol. The number of alkyl halides is 3. The maximum Gasteiger partial charge on any atom is 0.490 e. The Morgan fingerprint density at radius 2 is 2.00 bits per heavy atom. The molecular formula is C19H28F3N3O4S. The molecule has 4 heterocycles. The SMILES string of the molecule is Cc1nc(CN2CCO[C@H]3CN(CC4CCOCC4)C[C@H]32)cs1.O=C(O)C(F)(F)F. The number of nitrogens with zero attached hydrogens (tertiary/aromatic N) is 3. The molecule has 170 valence electrons. The molecule has 7 nitrogen and oxygen atoms in total. The lowest BCUT2D eigenvalue weighted by atomic mass is 10.00. The van der Waals surface area contributed by atoms with Crippen LogP contribution in [-0.2, 0) is 20.8 Å². The number of hydrogen-bond acceptors (Lipinski definition) is 7. The average molecular weight is 452 g/mol. The van der Waals surface area contributed by atoms with Gasteiger partial charge in [-0.3, -0.25) is 9.80 Å². The van der Waals surface area contributed by atoms with Crippen molar-refractivity contribution < 1.29 is 32.5 Å². The van der Waals surface area contributed by atoms with Crippen molar-refractivity contribution in [2.45, 2.75) is 44.6 Å². The molecule has 0 amide bonds. The fourth-order valence-corrected chi connectivity index (χ4v) is 4.77. The smallest absolute Gasteiger partial charge is 0.475 e. The van der Waals surface area contributed by atoms with Crippen LogP contribution in [0.1, 0.15) is 23.5 Å². The van der Waals surface area contributed by atoms with Crippen molar-refractivity contribution in [1.82, 2.24) is 14.8 Å². The van der Waals surface area contributed by atoms with Gasteiger partial charge in [-0.2, -0.15) is 13.2 Å². The number of aliphatic carboxylic acids is 1. The van der Waals surface area contributed by atoms with Crippen LogP contribution in [0.15, 0.2) is 5.38 Å². The van der Waals surface area contributed by atoms with Crippen molar-refractivity contribution in [2.24, 2.45) is 5.92 Å². The lowest BCUT2D eigenvalue weighted by Gasteiger charge is -2.36. The fraction of sp³-hybridized carbons (Fsp3) is 0.789. The Balaban J connectivity index is 0.000000318. The number of aromatic nitrogens is 1. The molecule has 3 fully saturated rings. The monoisotopic (exact) mass is 451 g/mol. The number of hydrogen-bond donors (Lipinski definition) is 1. The van der Waals surface area contributed by atoms with Crippen molar-refractivity contribution in [3.63, 3.8) is 0 Å². The lowest BCUT2D eigenvalue weighted by molar-refractivity contribution is -0.192. The quantitative estimate of drug-likeness (QED) is 0.754. The third kappa shape index (κ3) is 6.61. The topological polar surface area (TPSA) is 75.1 Å². The summed E-state index contributed by atoms with van der Waals surface area (Å²) in [4.78, 5) is 18.7. The Morgan fingerprint density at radius 1 is 1.30 bits per heavy atom. The minimum Gasteiger partial charge on any atom is -0.475 e. The van der Waals surface area contributed by atoms with E-state index in [1.54, 1.807) is 11.3 Å². The molecule has 3 aliphatic rings. The second-order valence-electron chi connectivity index (χ2n) is 7.88. The van der Waals surface area contributed by atoms with Gasteiger partial charge in [-0.15, -0.1) is 11.3 Å². The van der Waals surface area contributed by atoms with Crippen LogP contribution in [0.2, 0.25) is 0 Å². The van der Waals surface area contributed by atoms with Crippen LogP contribution in [0.5, 0.6) is 0 Å². The van der Waals surface area contributed by atoms with Crippen LogP contribution in [0.3, 0.4) is 0 Å². The summed E-state index contributed by atoms with van der Waals surface area (Å²) in [5.74, 6) is -1.95. The Bertz CT molecular complexity index is 697. The van der Waals surface area contributed by atoms with Gasteiger partial charge in [0.1, 0.15) is 0 Å². The molecule has 0 radical (unpaired) electrons. The molecule has 30 heavy (non-hydrogen) atoms. The second kappa shape index (κ2) is 10.4. The molecule has 0 unspecified atom stereocenters. The second-order valence-corrected chi connectivity index (χ2v) is 8.94. The average Bonchev–Trinajstić information content (AvgIpc) is 3.28. The van der Waals surface area contributed by atoms with Crippen LogP contribution in [0, 0.1) is 12.8 Å². The van der Waals surface area contributed by atoms with Crippen molar-refractivity contribution in [2.75, 3.05) is 46.0 Å². The highest BCUT2D eigenvalue weighted by Crippen LogP contribution is 2.27. The summed E-state index contributed by atoms with van der Waals surface area (Å²) in [6.45, 7) is 10.3. The molecule has 0 aromatic carbocycles. The molecule has 0 aliphatic carbocycles.